The van der Waals surface area contributed by atoms with Crippen LogP contribution in [-0.4, -0.2) is 25.9 Å². The summed E-state index contributed by atoms with van der Waals surface area (Å²) < 4.78 is 1.83. The average molecular weight is 348 g/mol. The van der Waals surface area contributed by atoms with Crippen LogP contribution in [-0.2, 0) is 11.3 Å². The minimum Gasteiger partial charge on any atom is -0.289 e. The Morgan fingerprint density at radius 1 is 1.12 bits per heavy atom. The summed E-state index contributed by atoms with van der Waals surface area (Å²) in [5, 5.41) is 13.5. The van der Waals surface area contributed by atoms with Crippen LogP contribution >= 0.6 is 0 Å². The predicted molar refractivity (Wildman–Crippen MR) is 95.6 cm³/mol. The second kappa shape index (κ2) is 6.72. The summed E-state index contributed by atoms with van der Waals surface area (Å²) in [6.07, 6.45) is 5.61. The number of benzene rings is 1. The minimum atomic E-state index is -0.350. The van der Waals surface area contributed by atoms with Gasteiger partial charge in [0, 0.05) is 24.2 Å². The van der Waals surface area contributed by atoms with Gasteiger partial charge in [-0.25, -0.2) is 5.48 Å². The summed E-state index contributed by atoms with van der Waals surface area (Å²) in [4.78, 5) is 16.5. The van der Waals surface area contributed by atoms with Gasteiger partial charge in [-0.3, -0.25) is 19.7 Å². The maximum absolute atomic E-state index is 12.1. The Morgan fingerprint density at radius 2 is 1.88 bits per heavy atom. The highest BCUT2D eigenvalue weighted by molar-refractivity contribution is 5.84. The molecule has 6 nitrogen and oxygen atoms in total. The first-order valence-corrected chi connectivity index (χ1v) is 8.60. The number of hydrogen-bond acceptors (Lipinski definition) is 4. The standard InChI is InChI=1S/C20H20N4O2/c1-13-7-8-16(21-9-13)12-24-11-15(10-22-24)18-17(19(18)20(25)23-26)14-5-3-2-4-6-14/h2-11,17-19,26H,12H2,1H3,(H,23,25). The number of nitrogens with zero attached hydrogens (tertiary/aromatic N) is 3. The van der Waals surface area contributed by atoms with E-state index in [2.05, 4.69) is 10.1 Å². The zero-order valence-electron chi connectivity index (χ0n) is 14.4. The molecule has 0 saturated heterocycles. The number of nitrogens with one attached hydrogen (secondary N) is 1. The summed E-state index contributed by atoms with van der Waals surface area (Å²) in [6.45, 7) is 2.59. The Bertz CT molecular complexity index is 905. The van der Waals surface area contributed by atoms with Crippen LogP contribution in [0.3, 0.4) is 0 Å². The van der Waals surface area contributed by atoms with E-state index in [4.69, 9.17) is 5.21 Å². The maximum atomic E-state index is 12.1. The van der Waals surface area contributed by atoms with Gasteiger partial charge in [0.05, 0.1) is 24.4 Å². The van der Waals surface area contributed by atoms with Gasteiger partial charge in [-0.15, -0.1) is 0 Å². The molecule has 0 radical (unpaired) electrons. The smallest absolute Gasteiger partial charge is 0.247 e. The van der Waals surface area contributed by atoms with Crippen LogP contribution in [0.4, 0.5) is 0 Å². The van der Waals surface area contributed by atoms with Crippen LogP contribution in [0.5, 0.6) is 0 Å². The lowest BCUT2D eigenvalue weighted by atomic mass is 10.1. The van der Waals surface area contributed by atoms with E-state index in [9.17, 15) is 4.79 Å². The van der Waals surface area contributed by atoms with Gasteiger partial charge < -0.3 is 0 Å². The lowest BCUT2D eigenvalue weighted by molar-refractivity contribution is -0.130. The van der Waals surface area contributed by atoms with Crippen LogP contribution < -0.4 is 5.48 Å². The normalized spacial score (nSPS) is 21.4. The molecule has 6 heteroatoms. The van der Waals surface area contributed by atoms with Crippen molar-refractivity contribution in [3.05, 3.63) is 83.4 Å². The van der Waals surface area contributed by atoms with Crippen molar-refractivity contribution in [2.45, 2.75) is 25.3 Å². The molecule has 3 unspecified atom stereocenters. The van der Waals surface area contributed by atoms with E-state index in [1.807, 2.05) is 66.5 Å². The van der Waals surface area contributed by atoms with Crippen LogP contribution in [0.1, 0.15) is 34.2 Å². The number of hydroxylamine groups is 1. The topological polar surface area (TPSA) is 80.0 Å². The second-order valence-corrected chi connectivity index (χ2v) is 6.76. The molecule has 1 amide bonds. The minimum absolute atomic E-state index is 0.0178. The SMILES string of the molecule is Cc1ccc(Cn2cc(C3C(C(=O)NO)C3c3ccccc3)cn2)nc1. The Labute approximate surface area is 151 Å². The van der Waals surface area contributed by atoms with Crippen molar-refractivity contribution < 1.29 is 10.0 Å². The summed E-state index contributed by atoms with van der Waals surface area (Å²) in [6, 6.07) is 13.9. The lowest BCUT2D eigenvalue weighted by Gasteiger charge is -2.01. The molecular weight excluding hydrogens is 328 g/mol. The van der Waals surface area contributed by atoms with Crippen molar-refractivity contribution in [2.75, 3.05) is 0 Å². The van der Waals surface area contributed by atoms with Crippen molar-refractivity contribution in [3.63, 3.8) is 0 Å². The third kappa shape index (κ3) is 3.11. The predicted octanol–water partition coefficient (Wildman–Crippen LogP) is 2.64. The fourth-order valence-corrected chi connectivity index (χ4v) is 3.61. The molecule has 3 atom stereocenters. The average Bonchev–Trinajstić information content (AvgIpc) is 3.26. The number of aryl methyl sites for hydroxylation is 1. The van der Waals surface area contributed by atoms with Crippen LogP contribution in [0.2, 0.25) is 0 Å². The number of aromatic nitrogens is 3. The molecule has 132 valence electrons. The molecule has 1 aromatic carbocycles. The first kappa shape index (κ1) is 16.5. The quantitative estimate of drug-likeness (QED) is 0.549. The van der Waals surface area contributed by atoms with Crippen molar-refractivity contribution in [1.82, 2.24) is 20.2 Å². The molecule has 3 aromatic rings. The van der Waals surface area contributed by atoms with E-state index in [0.717, 1.165) is 22.4 Å². The number of carbonyl (C=O) groups is 1. The number of hydrogen-bond donors (Lipinski definition) is 2. The molecule has 2 N–H and O–H groups in total. The fraction of sp³-hybridized carbons (Fsp3) is 0.250. The first-order valence-electron chi connectivity index (χ1n) is 8.60. The monoisotopic (exact) mass is 348 g/mol. The van der Waals surface area contributed by atoms with Gasteiger partial charge in [-0.1, -0.05) is 36.4 Å². The third-order valence-electron chi connectivity index (χ3n) is 4.95. The lowest BCUT2D eigenvalue weighted by Crippen LogP contribution is -2.21. The van der Waals surface area contributed by atoms with Crippen molar-refractivity contribution >= 4 is 5.91 Å². The highest BCUT2D eigenvalue weighted by Gasteiger charge is 2.56. The number of carbonyl (C=O) groups excluding carboxylic acids is 1. The number of rotatable bonds is 5. The van der Waals surface area contributed by atoms with Gasteiger partial charge in [-0.2, -0.15) is 5.10 Å². The Hall–Kier alpha value is -2.99. The van der Waals surface area contributed by atoms with Gasteiger partial charge in [0.1, 0.15) is 0 Å². The molecule has 1 aliphatic carbocycles. The molecule has 0 aliphatic heterocycles. The number of pyridine rings is 1. The molecule has 0 spiro atoms. The highest BCUT2D eigenvalue weighted by Crippen LogP contribution is 2.60. The van der Waals surface area contributed by atoms with E-state index < -0.39 is 0 Å². The zero-order chi connectivity index (χ0) is 18.1. The summed E-state index contributed by atoms with van der Waals surface area (Å²) >= 11 is 0. The highest BCUT2D eigenvalue weighted by atomic mass is 16.5. The van der Waals surface area contributed by atoms with E-state index in [-0.39, 0.29) is 23.7 Å². The number of amides is 1. The van der Waals surface area contributed by atoms with E-state index in [1.54, 1.807) is 11.7 Å². The first-order chi connectivity index (χ1) is 12.7. The van der Waals surface area contributed by atoms with Crippen molar-refractivity contribution in [2.24, 2.45) is 5.92 Å². The van der Waals surface area contributed by atoms with Crippen LogP contribution in [0, 0.1) is 12.8 Å². The maximum Gasteiger partial charge on any atom is 0.247 e. The Kier molecular flexibility index (Phi) is 4.26. The van der Waals surface area contributed by atoms with Crippen LogP contribution in [0.15, 0.2) is 61.1 Å². The van der Waals surface area contributed by atoms with Gasteiger partial charge >= 0.3 is 0 Å². The summed E-state index contributed by atoms with van der Waals surface area (Å²) in [7, 11) is 0. The van der Waals surface area contributed by atoms with E-state index >= 15 is 0 Å². The molecule has 1 aliphatic rings. The Morgan fingerprint density at radius 3 is 2.58 bits per heavy atom. The molecular formula is C20H20N4O2. The Balaban J connectivity index is 1.55. The van der Waals surface area contributed by atoms with Crippen molar-refractivity contribution in [1.29, 1.82) is 0 Å². The van der Waals surface area contributed by atoms with Gasteiger partial charge in [0.2, 0.25) is 5.91 Å². The third-order valence-corrected chi connectivity index (χ3v) is 4.95. The molecule has 26 heavy (non-hydrogen) atoms. The second-order valence-electron chi connectivity index (χ2n) is 6.76. The molecule has 1 saturated carbocycles. The van der Waals surface area contributed by atoms with Gasteiger partial charge in [-0.05, 0) is 29.7 Å². The molecule has 2 heterocycles. The molecule has 1 fully saturated rings. The summed E-state index contributed by atoms with van der Waals surface area (Å²) in [5.74, 6) is -0.558. The van der Waals surface area contributed by atoms with Gasteiger partial charge in [0.15, 0.2) is 0 Å². The molecule has 4 rings (SSSR count). The van der Waals surface area contributed by atoms with Gasteiger partial charge in [0.25, 0.3) is 0 Å². The fourth-order valence-electron chi connectivity index (χ4n) is 3.61. The summed E-state index contributed by atoms with van der Waals surface area (Å²) in [5.41, 5.74) is 5.96. The van der Waals surface area contributed by atoms with Crippen LogP contribution in [0.25, 0.3) is 0 Å². The van der Waals surface area contributed by atoms with E-state index in [0.29, 0.717) is 6.54 Å². The molecule has 2 aromatic heterocycles. The molecule has 0 bridgehead atoms. The largest absolute Gasteiger partial charge is 0.289 e. The van der Waals surface area contributed by atoms with Crippen molar-refractivity contribution in [3.8, 4) is 0 Å². The zero-order valence-corrected chi connectivity index (χ0v) is 14.4. The van der Waals surface area contributed by atoms with E-state index in [1.165, 1.54) is 0 Å².